The third-order valence-corrected chi connectivity index (χ3v) is 19.6. The lowest BCUT2D eigenvalue weighted by Crippen LogP contribution is -2.33. The van der Waals surface area contributed by atoms with Crippen molar-refractivity contribution in [3.8, 4) is 0 Å². The minimum Gasteiger partial charge on any atom is -0.361 e. The second-order valence-electron chi connectivity index (χ2n) is 22.1. The number of hydrogen-bond acceptors (Lipinski definition) is 16. The van der Waals surface area contributed by atoms with E-state index < -0.39 is 72.6 Å². The van der Waals surface area contributed by atoms with E-state index in [9.17, 15) is 52.8 Å². The van der Waals surface area contributed by atoms with E-state index in [1.807, 2.05) is 38.6 Å². The molecule has 0 fully saturated rings. The van der Waals surface area contributed by atoms with Gasteiger partial charge in [-0.05, 0) is 44.0 Å². The number of anilines is 2. The van der Waals surface area contributed by atoms with Crippen LogP contribution in [0, 0.1) is 0 Å². The summed E-state index contributed by atoms with van der Waals surface area (Å²) in [5, 5.41) is 12.8. The summed E-state index contributed by atoms with van der Waals surface area (Å²) >= 11 is 0. The smallest absolute Gasteiger partial charge is 0.361 e. The Morgan fingerprint density at radius 3 is 1.58 bits per heavy atom. The SMILES string of the molecule is CCS(=O)(=O)Cl.CCS(=O)(=O)n1nc(C(=O)CCCC(F)(F)F)c2c1CCN(c1ncnc3c1ccn3COCC[Si](C)(C)C)C2.C[Si](C)(C)CCOCn1ccc2c(N3CCc4[nH]nc(C(=O)CCCC(F)(F)F)c4C3)ncnc21. The van der Waals surface area contributed by atoms with Crippen molar-refractivity contribution >= 4 is 91.2 Å². The van der Waals surface area contributed by atoms with Crippen LogP contribution in [0.15, 0.2) is 37.2 Å². The van der Waals surface area contributed by atoms with Gasteiger partial charge in [-0.2, -0.15) is 40.6 Å². The molecule has 0 saturated carbocycles. The summed E-state index contributed by atoms with van der Waals surface area (Å²) in [5.41, 5.74) is 3.94. The van der Waals surface area contributed by atoms with Crippen LogP contribution in [0.3, 0.4) is 0 Å². The molecule has 1 N–H and O–H groups in total. The molecular formula is C50H71ClF6N12O8S2Si2. The standard InChI is InChI=1S/C25H35F3N6O4SSi.C23H31F3N6O2Si.C2H5ClO2S/c1-5-39(36,37)34-20-9-12-32(15-19(20)22(31-34)21(35)7-6-10-25(26,27)28)23-18-8-11-33(24(18)30-16-29-23)17-38-13-14-40(2,3)4;1-35(2,3)12-11-34-15-32-9-6-16-21(27-14-28-22(16)32)31-10-7-18-17(13-31)20(30-29-18)19(33)5-4-8-23(24,25)26;1-2-6(3,4)5/h8,11,16H,5-7,9-10,12-15,17H2,1-4H3;6,9,14H,4-5,7-8,10-13,15H2,1-3H3,(H,29,30);2H2,1H3. The number of carbonyl (C=O) groups excluding carboxylic acids is 2. The molecule has 0 aliphatic carbocycles. The van der Waals surface area contributed by atoms with Gasteiger partial charge in [0.05, 0.1) is 28.0 Å². The fourth-order valence-electron chi connectivity index (χ4n) is 8.76. The lowest BCUT2D eigenvalue weighted by atomic mass is 10.0. The fraction of sp³-hybridized carbons (Fsp3) is 0.600. The van der Waals surface area contributed by atoms with Gasteiger partial charge in [0.1, 0.15) is 60.4 Å². The zero-order valence-corrected chi connectivity index (χ0v) is 51.1. The van der Waals surface area contributed by atoms with E-state index in [4.69, 9.17) is 9.47 Å². The van der Waals surface area contributed by atoms with Crippen LogP contribution in [-0.2, 0) is 67.9 Å². The van der Waals surface area contributed by atoms with Gasteiger partial charge < -0.3 is 28.4 Å². The predicted octanol–water partition coefficient (Wildman–Crippen LogP) is 10.1. The first kappa shape index (κ1) is 64.9. The molecule has 0 spiro atoms. The minimum atomic E-state index is -4.38. The van der Waals surface area contributed by atoms with Crippen LogP contribution < -0.4 is 9.80 Å². The number of nitrogens with one attached hydrogen (secondary N) is 1. The normalized spacial score (nSPS) is 14.4. The molecule has 0 radical (unpaired) electrons. The predicted molar refractivity (Wildman–Crippen MR) is 302 cm³/mol. The van der Waals surface area contributed by atoms with Crippen LogP contribution in [0.5, 0.6) is 0 Å². The number of H-pyrrole nitrogens is 1. The molecule has 2 aliphatic rings. The monoisotopic (exact) mass is 1240 g/mol. The van der Waals surface area contributed by atoms with E-state index in [0.717, 1.165) is 49.7 Å². The Morgan fingerprint density at radius 2 is 1.14 bits per heavy atom. The maximum absolute atomic E-state index is 13.0. The van der Waals surface area contributed by atoms with Crippen molar-refractivity contribution in [1.82, 2.24) is 48.5 Å². The highest BCUT2D eigenvalue weighted by atomic mass is 35.7. The highest BCUT2D eigenvalue weighted by Crippen LogP contribution is 2.34. The van der Waals surface area contributed by atoms with Crippen molar-refractivity contribution in [1.29, 1.82) is 0 Å². The summed E-state index contributed by atoms with van der Waals surface area (Å²) in [6.45, 7) is 20.5. The first-order valence-corrected chi connectivity index (χ1v) is 38.1. The Balaban J connectivity index is 0.000000239. The first-order valence-electron chi connectivity index (χ1n) is 26.6. The van der Waals surface area contributed by atoms with Crippen molar-refractivity contribution in [2.75, 3.05) is 47.6 Å². The molecule has 6 aromatic heterocycles. The molecule has 81 heavy (non-hydrogen) atoms. The maximum Gasteiger partial charge on any atom is 0.389 e. The molecule has 8 heterocycles. The number of nitrogens with zero attached hydrogens (tertiary/aromatic N) is 11. The summed E-state index contributed by atoms with van der Waals surface area (Å²) in [5.74, 6) is 0.155. The van der Waals surface area contributed by atoms with Crippen molar-refractivity contribution in [3.63, 3.8) is 0 Å². The average molecular weight is 1240 g/mol. The molecule has 0 amide bonds. The van der Waals surface area contributed by atoms with Crippen LogP contribution in [0.25, 0.3) is 22.1 Å². The Bertz CT molecular complexity index is 3360. The lowest BCUT2D eigenvalue weighted by molar-refractivity contribution is -0.136. The highest BCUT2D eigenvalue weighted by molar-refractivity contribution is 8.13. The van der Waals surface area contributed by atoms with Gasteiger partial charge in [0, 0.05) is 134 Å². The molecular weight excluding hydrogens is 1170 g/mol. The lowest BCUT2D eigenvalue weighted by Gasteiger charge is -2.29. The molecule has 0 unspecified atom stereocenters. The number of aromatic nitrogens is 10. The van der Waals surface area contributed by atoms with Crippen LogP contribution in [0.1, 0.15) is 95.9 Å². The van der Waals surface area contributed by atoms with Gasteiger partial charge in [-0.25, -0.2) is 36.8 Å². The molecule has 20 nitrogen and oxygen atoms in total. The van der Waals surface area contributed by atoms with E-state index in [1.165, 1.54) is 26.5 Å². The quantitative estimate of drug-likeness (QED) is 0.0206. The van der Waals surface area contributed by atoms with Crippen LogP contribution >= 0.6 is 10.7 Å². The maximum atomic E-state index is 13.0. The van der Waals surface area contributed by atoms with Gasteiger partial charge >= 0.3 is 12.4 Å². The Kier molecular flexibility index (Phi) is 21.6. The summed E-state index contributed by atoms with van der Waals surface area (Å²) in [7, 11) is -4.70. The molecule has 31 heteroatoms. The van der Waals surface area contributed by atoms with E-state index in [1.54, 1.807) is 0 Å². The Labute approximate surface area is 473 Å². The molecule has 2 aliphatic heterocycles. The molecule has 0 atom stereocenters. The number of Topliss-reactive ketones (excluding diaryl/α,β-unsaturated/α-hetero) is 2. The van der Waals surface area contributed by atoms with E-state index >= 15 is 0 Å². The van der Waals surface area contributed by atoms with Crippen LogP contribution in [0.2, 0.25) is 51.4 Å². The van der Waals surface area contributed by atoms with Gasteiger partial charge in [-0.15, -0.1) is 0 Å². The second-order valence-corrected chi connectivity index (χ2v) is 38.5. The Morgan fingerprint density at radius 1 is 0.679 bits per heavy atom. The fourth-order valence-corrected chi connectivity index (χ4v) is 11.3. The number of hydrogen-bond donors (Lipinski definition) is 1. The summed E-state index contributed by atoms with van der Waals surface area (Å²) in [6, 6.07) is 5.97. The molecule has 0 bridgehead atoms. The number of fused-ring (bicyclic) bond motifs is 4. The van der Waals surface area contributed by atoms with E-state index in [0.29, 0.717) is 75.5 Å². The topological polar surface area (TPSA) is 235 Å². The third kappa shape index (κ3) is 18.6. The van der Waals surface area contributed by atoms with Gasteiger partial charge in [0.25, 0.3) is 10.0 Å². The minimum absolute atomic E-state index is 0.00849. The number of aromatic amines is 1. The largest absolute Gasteiger partial charge is 0.389 e. The molecule has 0 aromatic carbocycles. The molecule has 6 aromatic rings. The third-order valence-electron chi connectivity index (χ3n) is 13.3. The van der Waals surface area contributed by atoms with Crippen LogP contribution in [-0.4, -0.2) is 143 Å². The zero-order valence-electron chi connectivity index (χ0n) is 46.8. The number of ketones is 2. The van der Waals surface area contributed by atoms with Crippen molar-refractivity contribution < 1.29 is 62.2 Å². The van der Waals surface area contributed by atoms with Crippen molar-refractivity contribution in [3.05, 3.63) is 71.1 Å². The number of rotatable bonds is 23. The number of halogens is 7. The van der Waals surface area contributed by atoms with E-state index in [-0.39, 0.29) is 60.9 Å². The van der Waals surface area contributed by atoms with Gasteiger partial charge in [0.2, 0.25) is 9.05 Å². The number of alkyl halides is 6. The highest BCUT2D eigenvalue weighted by Gasteiger charge is 2.35. The molecule has 0 saturated heterocycles. The number of carbonyl (C=O) groups is 2. The first-order chi connectivity index (χ1) is 37.8. The summed E-state index contributed by atoms with van der Waals surface area (Å²) in [6.07, 6.45) is -4.27. The zero-order chi connectivity index (χ0) is 59.7. The summed E-state index contributed by atoms with van der Waals surface area (Å²) < 4.78 is 137. The molecule has 8 rings (SSSR count). The summed E-state index contributed by atoms with van der Waals surface area (Å²) in [4.78, 5) is 47.4. The van der Waals surface area contributed by atoms with Crippen LogP contribution in [0.4, 0.5) is 38.0 Å². The van der Waals surface area contributed by atoms with Gasteiger partial charge in [-0.1, -0.05) is 46.2 Å². The number of ether oxygens (including phenoxy) is 2. The van der Waals surface area contributed by atoms with Gasteiger partial charge in [0.15, 0.2) is 11.6 Å². The Hall–Kier alpha value is -5.28. The average Bonchev–Trinajstić information content (AvgIpc) is 4.41. The van der Waals surface area contributed by atoms with Crippen molar-refractivity contribution in [2.24, 2.45) is 0 Å². The van der Waals surface area contributed by atoms with Gasteiger partial charge in [-0.3, -0.25) is 14.7 Å². The van der Waals surface area contributed by atoms with Crippen molar-refractivity contribution in [2.45, 2.75) is 155 Å². The second kappa shape index (κ2) is 27.0. The van der Waals surface area contributed by atoms with E-state index in [2.05, 4.69) is 90.1 Å². The molecule has 448 valence electrons.